The summed E-state index contributed by atoms with van der Waals surface area (Å²) in [6, 6.07) is 8.31. The molecule has 0 bridgehead atoms. The number of hydrogen-bond donors (Lipinski definition) is 0. The Hall–Kier alpha value is -0.690. The zero-order chi connectivity index (χ0) is 12.5. The predicted molar refractivity (Wildman–Crippen MR) is 75.1 cm³/mol. The molecule has 0 saturated carbocycles. The van der Waals surface area contributed by atoms with Crippen LogP contribution >= 0.6 is 11.6 Å². The second kappa shape index (κ2) is 8.41. The molecule has 0 amide bonds. The van der Waals surface area contributed by atoms with Crippen molar-refractivity contribution in [3.63, 3.8) is 0 Å². The van der Waals surface area contributed by atoms with Crippen LogP contribution in [0.4, 0.5) is 0 Å². The van der Waals surface area contributed by atoms with E-state index in [1.54, 1.807) is 0 Å². The highest BCUT2D eigenvalue weighted by molar-refractivity contribution is 6.20. The maximum atomic E-state index is 6.13. The van der Waals surface area contributed by atoms with E-state index in [-0.39, 0.29) is 5.38 Å². The van der Waals surface area contributed by atoms with Crippen LogP contribution in [-0.2, 0) is 6.42 Å². The first-order chi connectivity index (χ1) is 8.26. The molecular weight excluding hydrogens is 232 g/mol. The van der Waals surface area contributed by atoms with Gasteiger partial charge in [0.25, 0.3) is 0 Å². The van der Waals surface area contributed by atoms with Gasteiger partial charge in [0.1, 0.15) is 5.75 Å². The van der Waals surface area contributed by atoms with Crippen molar-refractivity contribution in [2.45, 2.75) is 51.3 Å². The van der Waals surface area contributed by atoms with E-state index in [0.29, 0.717) is 0 Å². The minimum absolute atomic E-state index is 0.242. The van der Waals surface area contributed by atoms with Gasteiger partial charge in [-0.2, -0.15) is 0 Å². The molecular formula is C15H23ClO. The second-order valence-electron chi connectivity index (χ2n) is 4.41. The van der Waals surface area contributed by atoms with E-state index in [2.05, 4.69) is 26.0 Å². The molecule has 96 valence electrons. The second-order valence-corrected chi connectivity index (χ2v) is 5.03. The molecule has 0 fully saturated rings. The molecule has 2 heteroatoms. The monoisotopic (exact) mass is 254 g/mol. The number of unbranched alkanes of at least 4 members (excludes halogenated alkanes) is 2. The van der Waals surface area contributed by atoms with E-state index < -0.39 is 0 Å². The first-order valence-corrected chi connectivity index (χ1v) is 7.05. The molecule has 0 aliphatic carbocycles. The molecule has 1 atom stereocenters. The Morgan fingerprint density at radius 3 is 2.41 bits per heavy atom. The molecule has 0 spiro atoms. The molecule has 0 saturated heterocycles. The summed E-state index contributed by atoms with van der Waals surface area (Å²) in [6.07, 6.45) is 5.56. The normalized spacial score (nSPS) is 12.4. The first kappa shape index (κ1) is 14.4. The smallest absolute Gasteiger partial charge is 0.119 e. The summed E-state index contributed by atoms with van der Waals surface area (Å²) in [5, 5.41) is 0.242. The number of rotatable bonds is 8. The molecule has 0 heterocycles. The highest BCUT2D eigenvalue weighted by Crippen LogP contribution is 2.16. The van der Waals surface area contributed by atoms with Gasteiger partial charge in [-0.05, 0) is 37.0 Å². The topological polar surface area (TPSA) is 9.23 Å². The molecule has 0 N–H and O–H groups in total. The minimum Gasteiger partial charge on any atom is -0.494 e. The van der Waals surface area contributed by atoms with Gasteiger partial charge < -0.3 is 4.74 Å². The molecule has 1 rings (SSSR count). The summed E-state index contributed by atoms with van der Waals surface area (Å²) < 4.78 is 5.66. The van der Waals surface area contributed by atoms with Crippen molar-refractivity contribution in [2.75, 3.05) is 6.61 Å². The summed E-state index contributed by atoms with van der Waals surface area (Å²) in [5.74, 6) is 0.965. The zero-order valence-corrected chi connectivity index (χ0v) is 11.7. The summed E-state index contributed by atoms with van der Waals surface area (Å²) in [6.45, 7) is 5.13. The van der Waals surface area contributed by atoms with Gasteiger partial charge in [-0.1, -0.05) is 38.8 Å². The molecule has 0 radical (unpaired) electrons. The van der Waals surface area contributed by atoms with Gasteiger partial charge in [0.2, 0.25) is 0 Å². The average molecular weight is 255 g/mol. The fraction of sp³-hybridized carbons (Fsp3) is 0.600. The Morgan fingerprint density at radius 2 is 1.82 bits per heavy atom. The maximum Gasteiger partial charge on any atom is 0.119 e. The van der Waals surface area contributed by atoms with Gasteiger partial charge >= 0.3 is 0 Å². The Labute approximate surface area is 110 Å². The molecule has 0 aliphatic heterocycles. The number of ether oxygens (including phenoxy) is 1. The highest BCUT2D eigenvalue weighted by Gasteiger charge is 2.03. The fourth-order valence-corrected chi connectivity index (χ4v) is 1.84. The Balaban J connectivity index is 2.34. The minimum atomic E-state index is 0.242. The van der Waals surface area contributed by atoms with Crippen LogP contribution in [0.25, 0.3) is 0 Å². The molecule has 0 aliphatic rings. The number of alkyl halides is 1. The van der Waals surface area contributed by atoms with Crippen LogP contribution in [0.2, 0.25) is 0 Å². The van der Waals surface area contributed by atoms with Crippen molar-refractivity contribution in [1.29, 1.82) is 0 Å². The lowest BCUT2D eigenvalue weighted by atomic mass is 10.1. The van der Waals surface area contributed by atoms with Crippen molar-refractivity contribution in [3.05, 3.63) is 29.8 Å². The largest absolute Gasteiger partial charge is 0.494 e. The van der Waals surface area contributed by atoms with Gasteiger partial charge in [0.05, 0.1) is 6.61 Å². The van der Waals surface area contributed by atoms with Gasteiger partial charge in [-0.3, -0.25) is 0 Å². The summed E-state index contributed by atoms with van der Waals surface area (Å²) in [4.78, 5) is 0. The molecule has 0 aromatic heterocycles. The number of benzene rings is 1. The lowest BCUT2D eigenvalue weighted by Crippen LogP contribution is -2.01. The third-order valence-electron chi connectivity index (χ3n) is 2.84. The molecule has 1 nitrogen and oxygen atoms in total. The van der Waals surface area contributed by atoms with Crippen LogP contribution in [0.15, 0.2) is 24.3 Å². The zero-order valence-electron chi connectivity index (χ0n) is 10.9. The standard InChI is InChI=1S/C15H23ClO/c1-3-5-6-11-17-15-9-7-13(8-10-15)12-14(16)4-2/h7-10,14H,3-6,11-12H2,1-2H3. The Morgan fingerprint density at radius 1 is 1.12 bits per heavy atom. The third kappa shape index (κ3) is 5.97. The van der Waals surface area contributed by atoms with Crippen LogP contribution in [0.3, 0.4) is 0 Å². The summed E-state index contributed by atoms with van der Waals surface area (Å²) in [7, 11) is 0. The fourth-order valence-electron chi connectivity index (χ4n) is 1.66. The van der Waals surface area contributed by atoms with E-state index in [1.807, 2.05) is 12.1 Å². The van der Waals surface area contributed by atoms with Gasteiger partial charge in [-0.15, -0.1) is 11.6 Å². The average Bonchev–Trinajstić information content (AvgIpc) is 2.36. The van der Waals surface area contributed by atoms with E-state index in [1.165, 1.54) is 18.4 Å². The first-order valence-electron chi connectivity index (χ1n) is 6.62. The summed E-state index contributed by atoms with van der Waals surface area (Å²) >= 11 is 6.13. The van der Waals surface area contributed by atoms with Crippen molar-refractivity contribution in [3.8, 4) is 5.75 Å². The molecule has 1 aromatic rings. The Kier molecular flexibility index (Phi) is 7.11. The van der Waals surface area contributed by atoms with Crippen LogP contribution in [0, 0.1) is 0 Å². The van der Waals surface area contributed by atoms with E-state index in [0.717, 1.165) is 31.6 Å². The van der Waals surface area contributed by atoms with E-state index >= 15 is 0 Å². The maximum absolute atomic E-state index is 6.13. The number of halogens is 1. The van der Waals surface area contributed by atoms with E-state index in [4.69, 9.17) is 16.3 Å². The molecule has 1 aromatic carbocycles. The van der Waals surface area contributed by atoms with Crippen molar-refractivity contribution in [2.24, 2.45) is 0 Å². The van der Waals surface area contributed by atoms with Gasteiger partial charge in [0, 0.05) is 5.38 Å². The van der Waals surface area contributed by atoms with Crippen molar-refractivity contribution < 1.29 is 4.74 Å². The molecule has 17 heavy (non-hydrogen) atoms. The van der Waals surface area contributed by atoms with Crippen molar-refractivity contribution in [1.82, 2.24) is 0 Å². The predicted octanol–water partition coefficient (Wildman–Crippen LogP) is 4.82. The van der Waals surface area contributed by atoms with Crippen molar-refractivity contribution >= 4 is 11.6 Å². The van der Waals surface area contributed by atoms with Crippen LogP contribution in [-0.4, -0.2) is 12.0 Å². The van der Waals surface area contributed by atoms with Gasteiger partial charge in [-0.25, -0.2) is 0 Å². The highest BCUT2D eigenvalue weighted by atomic mass is 35.5. The lowest BCUT2D eigenvalue weighted by molar-refractivity contribution is 0.306. The SMILES string of the molecule is CCCCCOc1ccc(CC(Cl)CC)cc1. The van der Waals surface area contributed by atoms with Crippen LogP contribution in [0.5, 0.6) is 5.75 Å². The van der Waals surface area contributed by atoms with Crippen LogP contribution < -0.4 is 4.74 Å². The quantitative estimate of drug-likeness (QED) is 0.478. The third-order valence-corrected chi connectivity index (χ3v) is 3.30. The van der Waals surface area contributed by atoms with Crippen LogP contribution in [0.1, 0.15) is 45.1 Å². The van der Waals surface area contributed by atoms with Gasteiger partial charge in [0.15, 0.2) is 0 Å². The number of hydrogen-bond acceptors (Lipinski definition) is 1. The Bertz CT molecular complexity index is 294. The van der Waals surface area contributed by atoms with E-state index in [9.17, 15) is 0 Å². The molecule has 1 unspecified atom stereocenters. The lowest BCUT2D eigenvalue weighted by Gasteiger charge is -2.08. The summed E-state index contributed by atoms with van der Waals surface area (Å²) in [5.41, 5.74) is 1.28.